The van der Waals surface area contributed by atoms with Crippen molar-refractivity contribution in [3.05, 3.63) is 82.4 Å². The summed E-state index contributed by atoms with van der Waals surface area (Å²) in [7, 11) is 1.66. The minimum Gasteiger partial charge on any atom is -0.497 e. The molecule has 0 aliphatic carbocycles. The van der Waals surface area contributed by atoms with Crippen LogP contribution in [-0.4, -0.2) is 33.9 Å². The third-order valence-corrected chi connectivity index (χ3v) is 7.48. The van der Waals surface area contributed by atoms with Crippen molar-refractivity contribution >= 4 is 33.5 Å². The predicted molar refractivity (Wildman–Crippen MR) is 133 cm³/mol. The molecule has 0 atom stereocenters. The molecule has 1 amide bonds. The Morgan fingerprint density at radius 2 is 1.85 bits per heavy atom. The van der Waals surface area contributed by atoms with E-state index in [0.29, 0.717) is 17.8 Å². The van der Waals surface area contributed by atoms with E-state index in [1.165, 1.54) is 11.3 Å². The average molecular weight is 475 g/mol. The van der Waals surface area contributed by atoms with Crippen LogP contribution in [0, 0.1) is 6.92 Å². The Kier molecular flexibility index (Phi) is 5.93. The SMILES string of the molecule is COc1ccc(-c2nc(CCNC(=O)c3sc4nc(-c5ccccc5)cn4c3C)cs2)cc1. The van der Waals surface area contributed by atoms with Gasteiger partial charge < -0.3 is 10.1 Å². The van der Waals surface area contributed by atoms with E-state index in [0.717, 1.165) is 43.9 Å². The van der Waals surface area contributed by atoms with Crippen molar-refractivity contribution in [2.24, 2.45) is 0 Å². The van der Waals surface area contributed by atoms with Crippen molar-refractivity contribution in [1.29, 1.82) is 0 Å². The van der Waals surface area contributed by atoms with Gasteiger partial charge in [0.2, 0.25) is 0 Å². The summed E-state index contributed by atoms with van der Waals surface area (Å²) in [4.78, 5) is 23.7. The zero-order chi connectivity index (χ0) is 22.8. The number of fused-ring (bicyclic) bond motifs is 1. The first-order valence-electron chi connectivity index (χ1n) is 10.5. The summed E-state index contributed by atoms with van der Waals surface area (Å²) in [5, 5.41) is 6.03. The van der Waals surface area contributed by atoms with Crippen molar-refractivity contribution in [3.8, 4) is 27.6 Å². The lowest BCUT2D eigenvalue weighted by Gasteiger charge is -2.03. The Balaban J connectivity index is 1.22. The van der Waals surface area contributed by atoms with E-state index in [1.807, 2.05) is 77.5 Å². The highest BCUT2D eigenvalue weighted by atomic mass is 32.1. The Morgan fingerprint density at radius 3 is 2.58 bits per heavy atom. The summed E-state index contributed by atoms with van der Waals surface area (Å²) in [5.74, 6) is 0.751. The fourth-order valence-electron chi connectivity index (χ4n) is 3.58. The van der Waals surface area contributed by atoms with Crippen molar-refractivity contribution in [2.45, 2.75) is 13.3 Å². The maximum absolute atomic E-state index is 12.8. The largest absolute Gasteiger partial charge is 0.497 e. The van der Waals surface area contributed by atoms with Gasteiger partial charge in [0.25, 0.3) is 5.91 Å². The number of aryl methyl sites for hydroxylation is 1. The molecule has 0 aliphatic rings. The van der Waals surface area contributed by atoms with Crippen LogP contribution in [0.4, 0.5) is 0 Å². The number of aromatic nitrogens is 3. The fourth-order valence-corrected chi connectivity index (χ4v) is 5.47. The molecule has 6 nitrogen and oxygen atoms in total. The minimum absolute atomic E-state index is 0.0742. The van der Waals surface area contributed by atoms with Gasteiger partial charge in [0, 0.05) is 41.4 Å². The number of imidazole rings is 1. The van der Waals surface area contributed by atoms with Gasteiger partial charge in [0.15, 0.2) is 4.96 Å². The predicted octanol–water partition coefficient (Wildman–Crippen LogP) is 5.48. The molecule has 0 spiro atoms. The number of nitrogens with one attached hydrogen (secondary N) is 1. The summed E-state index contributed by atoms with van der Waals surface area (Å²) in [6.07, 6.45) is 2.67. The second-order valence-corrected chi connectivity index (χ2v) is 9.38. The van der Waals surface area contributed by atoms with E-state index in [2.05, 4.69) is 5.32 Å². The molecule has 5 rings (SSSR count). The van der Waals surface area contributed by atoms with Crippen molar-refractivity contribution in [2.75, 3.05) is 13.7 Å². The van der Waals surface area contributed by atoms with E-state index in [1.54, 1.807) is 18.4 Å². The van der Waals surface area contributed by atoms with Gasteiger partial charge in [-0.1, -0.05) is 41.7 Å². The molecule has 0 unspecified atom stereocenters. The topological polar surface area (TPSA) is 68.5 Å². The number of benzene rings is 2. The molecule has 0 saturated carbocycles. The number of nitrogens with zero attached hydrogens (tertiary/aromatic N) is 3. The second-order valence-electron chi connectivity index (χ2n) is 7.54. The molecule has 3 heterocycles. The van der Waals surface area contributed by atoms with Gasteiger partial charge in [-0.25, -0.2) is 9.97 Å². The van der Waals surface area contributed by atoms with Crippen LogP contribution in [0.15, 0.2) is 66.2 Å². The number of hydrogen-bond acceptors (Lipinski definition) is 6. The highest BCUT2D eigenvalue weighted by Gasteiger charge is 2.18. The summed E-state index contributed by atoms with van der Waals surface area (Å²) in [5.41, 5.74) is 4.90. The van der Waals surface area contributed by atoms with Gasteiger partial charge in [-0.15, -0.1) is 11.3 Å². The van der Waals surface area contributed by atoms with Gasteiger partial charge in [-0.3, -0.25) is 9.20 Å². The smallest absolute Gasteiger partial charge is 0.263 e. The van der Waals surface area contributed by atoms with Crippen LogP contribution in [0.1, 0.15) is 21.1 Å². The summed E-state index contributed by atoms with van der Waals surface area (Å²) in [6.45, 7) is 2.48. The fraction of sp³-hybridized carbons (Fsp3) is 0.160. The molecule has 0 bridgehead atoms. The number of carbonyl (C=O) groups excluding carboxylic acids is 1. The molecule has 2 aromatic carbocycles. The number of amides is 1. The third kappa shape index (κ3) is 4.40. The molecule has 166 valence electrons. The standard InChI is InChI=1S/C25H22N4O2S2/c1-16-22(33-25-28-21(14-29(16)25)17-6-4-3-5-7-17)23(30)26-13-12-19-15-32-24(27-19)18-8-10-20(31-2)11-9-18/h3-11,14-15H,12-13H2,1-2H3,(H,26,30). The molecular formula is C25H22N4O2S2. The van der Waals surface area contributed by atoms with Crippen LogP contribution in [0.5, 0.6) is 5.75 Å². The molecular weight excluding hydrogens is 452 g/mol. The van der Waals surface area contributed by atoms with Crippen LogP contribution >= 0.6 is 22.7 Å². The monoisotopic (exact) mass is 474 g/mol. The summed E-state index contributed by atoms with van der Waals surface area (Å²) >= 11 is 3.02. The lowest BCUT2D eigenvalue weighted by molar-refractivity contribution is 0.0957. The van der Waals surface area contributed by atoms with Crippen molar-refractivity contribution in [3.63, 3.8) is 0 Å². The maximum Gasteiger partial charge on any atom is 0.263 e. The molecule has 0 aliphatic heterocycles. The van der Waals surface area contributed by atoms with Crippen LogP contribution in [0.3, 0.4) is 0 Å². The minimum atomic E-state index is -0.0742. The van der Waals surface area contributed by atoms with Crippen molar-refractivity contribution in [1.82, 2.24) is 19.7 Å². The second kappa shape index (κ2) is 9.17. The average Bonchev–Trinajstić information content (AvgIpc) is 3.56. The van der Waals surface area contributed by atoms with E-state index in [4.69, 9.17) is 14.7 Å². The summed E-state index contributed by atoms with van der Waals surface area (Å²) in [6, 6.07) is 17.9. The number of carbonyl (C=O) groups is 1. The lowest BCUT2D eigenvalue weighted by atomic mass is 10.2. The molecule has 1 N–H and O–H groups in total. The highest BCUT2D eigenvalue weighted by molar-refractivity contribution is 7.19. The number of methoxy groups -OCH3 is 1. The Labute approximate surface area is 199 Å². The molecule has 0 saturated heterocycles. The van der Waals surface area contributed by atoms with Crippen LogP contribution < -0.4 is 10.1 Å². The first-order chi connectivity index (χ1) is 16.1. The lowest BCUT2D eigenvalue weighted by Crippen LogP contribution is -2.25. The van der Waals surface area contributed by atoms with E-state index in [-0.39, 0.29) is 5.91 Å². The Morgan fingerprint density at radius 1 is 1.06 bits per heavy atom. The molecule has 33 heavy (non-hydrogen) atoms. The molecule has 5 aromatic rings. The van der Waals surface area contributed by atoms with Gasteiger partial charge in [0.1, 0.15) is 15.6 Å². The molecule has 0 fully saturated rings. The molecule has 0 radical (unpaired) electrons. The normalized spacial score (nSPS) is 11.1. The van der Waals surface area contributed by atoms with Gasteiger partial charge in [-0.2, -0.15) is 0 Å². The number of ether oxygens (including phenoxy) is 1. The van der Waals surface area contributed by atoms with E-state index < -0.39 is 0 Å². The van der Waals surface area contributed by atoms with Crippen LogP contribution in [0.2, 0.25) is 0 Å². The number of thiazole rings is 2. The third-order valence-electron chi connectivity index (χ3n) is 5.39. The van der Waals surface area contributed by atoms with Crippen molar-refractivity contribution < 1.29 is 9.53 Å². The number of hydrogen-bond donors (Lipinski definition) is 1. The van der Waals surface area contributed by atoms with Crippen LogP contribution in [0.25, 0.3) is 26.8 Å². The first kappa shape index (κ1) is 21.4. The van der Waals surface area contributed by atoms with Gasteiger partial charge >= 0.3 is 0 Å². The Bertz CT molecular complexity index is 1400. The number of rotatable bonds is 7. The zero-order valence-corrected chi connectivity index (χ0v) is 19.9. The van der Waals surface area contributed by atoms with Gasteiger partial charge in [-0.05, 0) is 31.2 Å². The zero-order valence-electron chi connectivity index (χ0n) is 18.2. The quantitative estimate of drug-likeness (QED) is 0.339. The molecule has 8 heteroatoms. The van der Waals surface area contributed by atoms with E-state index in [9.17, 15) is 4.79 Å². The van der Waals surface area contributed by atoms with Crippen LogP contribution in [-0.2, 0) is 6.42 Å². The van der Waals surface area contributed by atoms with Gasteiger partial charge in [0.05, 0.1) is 18.5 Å². The summed E-state index contributed by atoms with van der Waals surface area (Å²) < 4.78 is 7.20. The highest BCUT2D eigenvalue weighted by Crippen LogP contribution is 2.28. The first-order valence-corrected chi connectivity index (χ1v) is 12.2. The molecule has 3 aromatic heterocycles. The Hall–Kier alpha value is -3.49. The maximum atomic E-state index is 12.8. The van der Waals surface area contributed by atoms with E-state index >= 15 is 0 Å².